The zero-order valence-corrected chi connectivity index (χ0v) is 18.5. The molecule has 5 aliphatic rings. The van der Waals surface area contributed by atoms with Crippen LogP contribution in [0.4, 0.5) is 0 Å². The molecule has 0 amide bonds. The average molecular weight is 465 g/mol. The molecule has 0 spiro atoms. The molecule has 0 saturated carbocycles. The molecule has 5 unspecified atom stereocenters. The smallest absolute Gasteiger partial charge is 0.104 e. The molecular weight excluding hydrogens is 428 g/mol. The maximum Gasteiger partial charge on any atom is 0.104 e. The van der Waals surface area contributed by atoms with Crippen molar-refractivity contribution in [2.75, 3.05) is 92.5 Å². The number of epoxide rings is 5. The van der Waals surface area contributed by atoms with Gasteiger partial charge in [-0.1, -0.05) is 0 Å². The van der Waals surface area contributed by atoms with E-state index in [4.69, 9.17) is 47.4 Å². The summed E-state index contributed by atoms with van der Waals surface area (Å²) in [4.78, 5) is 0. The van der Waals surface area contributed by atoms with Crippen LogP contribution < -0.4 is 0 Å². The second kappa shape index (κ2) is 13.4. The van der Waals surface area contributed by atoms with Crippen molar-refractivity contribution in [2.24, 2.45) is 0 Å². The van der Waals surface area contributed by atoms with E-state index in [1.54, 1.807) is 0 Å². The first-order valence-corrected chi connectivity index (χ1v) is 11.4. The maximum absolute atomic E-state index is 9.38. The Morgan fingerprint density at radius 1 is 0.531 bits per heavy atom. The topological polar surface area (TPSA) is 129 Å². The highest BCUT2D eigenvalue weighted by atomic mass is 16.6. The molecule has 186 valence electrons. The van der Waals surface area contributed by atoms with Gasteiger partial charge in [-0.3, -0.25) is 0 Å². The molecule has 0 bridgehead atoms. The van der Waals surface area contributed by atoms with Crippen LogP contribution in [0.25, 0.3) is 0 Å². The van der Waals surface area contributed by atoms with Gasteiger partial charge in [-0.05, 0) is 0 Å². The van der Waals surface area contributed by atoms with Crippen LogP contribution >= 0.6 is 0 Å². The summed E-state index contributed by atoms with van der Waals surface area (Å²) >= 11 is 0. The van der Waals surface area contributed by atoms with Gasteiger partial charge < -0.3 is 52.5 Å². The van der Waals surface area contributed by atoms with Crippen LogP contribution in [0, 0.1) is 0 Å². The van der Waals surface area contributed by atoms with E-state index in [0.717, 1.165) is 33.0 Å². The Kier molecular flexibility index (Phi) is 10.4. The molecule has 5 aliphatic heterocycles. The van der Waals surface area contributed by atoms with Crippen molar-refractivity contribution in [3.05, 3.63) is 0 Å². The summed E-state index contributed by atoms with van der Waals surface area (Å²) in [5.41, 5.74) is 0. The Labute approximate surface area is 188 Å². The van der Waals surface area contributed by atoms with Crippen LogP contribution in [-0.2, 0) is 47.4 Å². The van der Waals surface area contributed by atoms with Gasteiger partial charge in [0, 0.05) is 0 Å². The Balaban J connectivity index is 0.000000158. The van der Waals surface area contributed by atoms with Crippen molar-refractivity contribution in [3.63, 3.8) is 0 Å². The second-order valence-electron chi connectivity index (χ2n) is 8.54. The van der Waals surface area contributed by atoms with E-state index < -0.39 is 6.10 Å². The maximum atomic E-state index is 9.38. The van der Waals surface area contributed by atoms with E-state index in [-0.39, 0.29) is 36.6 Å². The lowest BCUT2D eigenvalue weighted by atomic mass is 10.4. The molecular formula is C21H36O11. The summed E-state index contributed by atoms with van der Waals surface area (Å²) in [5, 5.41) is 9.38. The number of hydrogen-bond acceptors (Lipinski definition) is 11. The van der Waals surface area contributed by atoms with Crippen molar-refractivity contribution in [1.82, 2.24) is 0 Å². The van der Waals surface area contributed by atoms with Gasteiger partial charge in [0.1, 0.15) is 42.7 Å². The van der Waals surface area contributed by atoms with E-state index in [1.165, 1.54) is 0 Å². The Morgan fingerprint density at radius 3 is 1.19 bits per heavy atom. The molecule has 1 N–H and O–H groups in total. The summed E-state index contributed by atoms with van der Waals surface area (Å²) in [6, 6.07) is 0. The zero-order valence-electron chi connectivity index (χ0n) is 18.5. The molecule has 0 aromatic carbocycles. The van der Waals surface area contributed by atoms with Crippen molar-refractivity contribution >= 4 is 0 Å². The molecule has 5 fully saturated rings. The molecule has 0 aliphatic carbocycles. The average Bonchev–Trinajstić information content (AvgIpc) is 3.62. The van der Waals surface area contributed by atoms with E-state index in [9.17, 15) is 5.11 Å². The van der Waals surface area contributed by atoms with Crippen molar-refractivity contribution in [3.8, 4) is 0 Å². The SMILES string of the molecule is C(OCC1CO1)C(COCC1CO1)OCC1CO1.OC(COCC1CO1)COCC1CO1. The van der Waals surface area contributed by atoms with Gasteiger partial charge in [0.2, 0.25) is 0 Å². The van der Waals surface area contributed by atoms with Gasteiger partial charge in [-0.25, -0.2) is 0 Å². The fourth-order valence-corrected chi connectivity index (χ4v) is 2.59. The number of ether oxygens (including phenoxy) is 10. The minimum absolute atomic E-state index is 0.0355. The predicted molar refractivity (Wildman–Crippen MR) is 108 cm³/mol. The lowest BCUT2D eigenvalue weighted by Gasteiger charge is -2.17. The molecule has 5 heterocycles. The molecule has 0 radical (unpaired) electrons. The predicted octanol–water partition coefficient (Wildman–Crippen LogP) is -1.22. The zero-order chi connectivity index (χ0) is 22.0. The fourth-order valence-electron chi connectivity index (χ4n) is 2.59. The van der Waals surface area contributed by atoms with Crippen LogP contribution in [-0.4, -0.2) is 140 Å². The van der Waals surface area contributed by atoms with Gasteiger partial charge in [0.05, 0.1) is 92.5 Å². The number of aliphatic hydroxyl groups is 1. The normalized spacial score (nSPS) is 33.1. The third-order valence-corrected chi connectivity index (χ3v) is 4.97. The fraction of sp³-hybridized carbons (Fsp3) is 1.00. The standard InChI is InChI=1S/C12H20O6.C9H16O5/c1(13-3-10-5-16-10)9(15-7-12-8-18-12)2-14-4-11-6-17-11;10-7(1-11-3-8-5-13-8)2-12-4-9-6-14-9/h9-12H,1-8H2;7-10H,1-6H2. The van der Waals surface area contributed by atoms with E-state index in [2.05, 4.69) is 0 Å². The second-order valence-corrected chi connectivity index (χ2v) is 8.54. The third-order valence-electron chi connectivity index (χ3n) is 4.97. The van der Waals surface area contributed by atoms with Crippen LogP contribution in [0.3, 0.4) is 0 Å². The van der Waals surface area contributed by atoms with Gasteiger partial charge in [-0.2, -0.15) is 0 Å². The Hall–Kier alpha value is -0.440. The van der Waals surface area contributed by atoms with Crippen LogP contribution in [0.15, 0.2) is 0 Å². The van der Waals surface area contributed by atoms with Crippen molar-refractivity contribution in [2.45, 2.75) is 42.7 Å². The van der Waals surface area contributed by atoms with E-state index in [1.807, 2.05) is 0 Å². The first-order valence-electron chi connectivity index (χ1n) is 11.4. The lowest BCUT2D eigenvalue weighted by Crippen LogP contribution is -2.28. The van der Waals surface area contributed by atoms with Crippen LogP contribution in [0.1, 0.15) is 0 Å². The lowest BCUT2D eigenvalue weighted by molar-refractivity contribution is -0.0661. The minimum atomic E-state index is -0.549. The van der Waals surface area contributed by atoms with Crippen LogP contribution in [0.5, 0.6) is 0 Å². The van der Waals surface area contributed by atoms with Crippen molar-refractivity contribution < 1.29 is 52.5 Å². The number of hydrogen-bond donors (Lipinski definition) is 1. The molecule has 11 nitrogen and oxygen atoms in total. The summed E-state index contributed by atoms with van der Waals surface area (Å²) < 4.78 is 52.4. The Bertz CT molecular complexity index is 468. The molecule has 0 aromatic heterocycles. The van der Waals surface area contributed by atoms with Gasteiger partial charge in [0.25, 0.3) is 0 Å². The highest BCUT2D eigenvalue weighted by molar-refractivity contribution is 4.72. The van der Waals surface area contributed by atoms with Crippen molar-refractivity contribution in [1.29, 1.82) is 0 Å². The molecule has 32 heavy (non-hydrogen) atoms. The first-order chi connectivity index (χ1) is 15.7. The van der Waals surface area contributed by atoms with Gasteiger partial charge >= 0.3 is 0 Å². The molecule has 5 rings (SSSR count). The quantitative estimate of drug-likeness (QED) is 0.231. The molecule has 5 saturated heterocycles. The largest absolute Gasteiger partial charge is 0.388 e. The van der Waals surface area contributed by atoms with Gasteiger partial charge in [0.15, 0.2) is 0 Å². The molecule has 11 heteroatoms. The number of aliphatic hydroxyl groups excluding tert-OH is 1. The summed E-state index contributed by atoms with van der Waals surface area (Å²) in [6.45, 7) is 8.76. The summed E-state index contributed by atoms with van der Waals surface area (Å²) in [6.07, 6.45) is 0.771. The molecule has 0 aromatic rings. The van der Waals surface area contributed by atoms with E-state index >= 15 is 0 Å². The van der Waals surface area contributed by atoms with E-state index in [0.29, 0.717) is 59.5 Å². The minimum Gasteiger partial charge on any atom is -0.388 e. The first kappa shape index (κ1) is 24.7. The highest BCUT2D eigenvalue weighted by Gasteiger charge is 2.27. The highest BCUT2D eigenvalue weighted by Crippen LogP contribution is 2.13. The van der Waals surface area contributed by atoms with Crippen LogP contribution in [0.2, 0.25) is 0 Å². The summed E-state index contributed by atoms with van der Waals surface area (Å²) in [7, 11) is 0. The molecule has 5 atom stereocenters. The monoisotopic (exact) mass is 464 g/mol. The number of rotatable bonds is 19. The Morgan fingerprint density at radius 2 is 0.844 bits per heavy atom. The van der Waals surface area contributed by atoms with Gasteiger partial charge in [-0.15, -0.1) is 0 Å². The summed E-state index contributed by atoms with van der Waals surface area (Å²) in [5.74, 6) is 0. The third kappa shape index (κ3) is 12.7.